The predicted octanol–water partition coefficient (Wildman–Crippen LogP) is 9.64. The Bertz CT molecular complexity index is 1130. The minimum absolute atomic E-state index is 0.219. The van der Waals surface area contributed by atoms with Gasteiger partial charge in [-0.2, -0.15) is 0 Å². The molecule has 0 amide bonds. The molecular weight excluding hydrogens is 466 g/mol. The lowest BCUT2D eigenvalue weighted by Crippen LogP contribution is -2.08. The second kappa shape index (κ2) is 15.1. The molecule has 3 aromatic rings. The first-order valence-electron chi connectivity index (χ1n) is 13.2. The van der Waals surface area contributed by atoms with Gasteiger partial charge in [0.05, 0.1) is 6.10 Å². The molecule has 0 saturated carbocycles. The van der Waals surface area contributed by atoms with E-state index < -0.39 is 11.6 Å². The van der Waals surface area contributed by atoms with E-state index in [0.717, 1.165) is 37.9 Å². The number of unbranched alkanes of at least 4 members (excludes halogenated alkanes) is 3. The van der Waals surface area contributed by atoms with Crippen molar-refractivity contribution in [1.29, 1.82) is 0 Å². The molecule has 3 rings (SSSR count). The number of benzene rings is 3. The van der Waals surface area contributed by atoms with Crippen molar-refractivity contribution in [3.8, 4) is 28.0 Å². The van der Waals surface area contributed by atoms with Gasteiger partial charge in [0.25, 0.3) is 0 Å². The first-order chi connectivity index (χ1) is 18.0. The second-order valence-corrected chi connectivity index (χ2v) is 9.26. The van der Waals surface area contributed by atoms with Crippen molar-refractivity contribution in [2.45, 2.75) is 58.5 Å². The summed E-state index contributed by atoms with van der Waals surface area (Å²) in [6.07, 6.45) is 12.8. The summed E-state index contributed by atoms with van der Waals surface area (Å²) in [6.45, 7) is 9.19. The van der Waals surface area contributed by atoms with Gasteiger partial charge in [-0.15, -0.1) is 0 Å². The van der Waals surface area contributed by atoms with Gasteiger partial charge in [-0.1, -0.05) is 93.1 Å². The van der Waals surface area contributed by atoms with Gasteiger partial charge in [0.1, 0.15) is 12.4 Å². The minimum Gasteiger partial charge on any atom is -0.490 e. The van der Waals surface area contributed by atoms with Gasteiger partial charge in [0.2, 0.25) is 0 Å². The highest BCUT2D eigenvalue weighted by molar-refractivity contribution is 5.72. The topological polar surface area (TPSA) is 18.5 Å². The Balaban J connectivity index is 1.56. The smallest absolute Gasteiger partial charge is 0.167 e. The maximum atomic E-state index is 15.0. The number of halogens is 2. The van der Waals surface area contributed by atoms with Gasteiger partial charge in [0, 0.05) is 17.7 Å². The zero-order valence-corrected chi connectivity index (χ0v) is 22.0. The molecule has 0 aliphatic carbocycles. The van der Waals surface area contributed by atoms with Gasteiger partial charge >= 0.3 is 0 Å². The third-order valence-electron chi connectivity index (χ3n) is 6.28. The fraction of sp³-hybridized carbons (Fsp3) is 0.333. The average Bonchev–Trinajstić information content (AvgIpc) is 2.92. The van der Waals surface area contributed by atoms with Crippen molar-refractivity contribution in [2.75, 3.05) is 13.2 Å². The maximum Gasteiger partial charge on any atom is 0.167 e. The van der Waals surface area contributed by atoms with Crippen molar-refractivity contribution in [3.63, 3.8) is 0 Å². The molecule has 0 spiro atoms. The molecule has 2 nitrogen and oxygen atoms in total. The molecule has 0 bridgehead atoms. The molecule has 0 fully saturated rings. The molecule has 3 aromatic carbocycles. The van der Waals surface area contributed by atoms with Crippen molar-refractivity contribution < 1.29 is 18.3 Å². The lowest BCUT2D eigenvalue weighted by molar-refractivity contribution is 0.0566. The Labute approximate surface area is 220 Å². The Morgan fingerprint density at radius 3 is 2.05 bits per heavy atom. The summed E-state index contributed by atoms with van der Waals surface area (Å²) < 4.78 is 41.3. The van der Waals surface area contributed by atoms with Crippen LogP contribution in [0.25, 0.3) is 28.3 Å². The molecule has 1 atom stereocenters. The molecule has 0 saturated heterocycles. The van der Waals surface area contributed by atoms with E-state index in [0.29, 0.717) is 29.6 Å². The molecule has 0 radical (unpaired) electrons. The van der Waals surface area contributed by atoms with E-state index in [9.17, 15) is 4.39 Å². The minimum atomic E-state index is -0.857. The van der Waals surface area contributed by atoms with E-state index in [1.54, 1.807) is 42.5 Å². The zero-order chi connectivity index (χ0) is 26.5. The number of hydrogen-bond donors (Lipinski definition) is 0. The number of allylic oxidation sites excluding steroid dienone is 1. The fourth-order valence-electron chi connectivity index (χ4n) is 4.12. The molecule has 37 heavy (non-hydrogen) atoms. The Morgan fingerprint density at radius 2 is 1.46 bits per heavy atom. The second-order valence-electron chi connectivity index (χ2n) is 9.26. The third-order valence-corrected chi connectivity index (χ3v) is 6.28. The standard InChI is InChI=1S/C33H38F2O2/c1-4-6-10-24-36-25(3)11-8-7-9-12-26-13-15-27(16-14-26)30-21-22-31(33(35)32(30)34)28-17-19-29(20-18-28)37-23-5-2/h5,9,12-22,25H,2,4,6-8,10-11,23-24H2,1,3H3. The number of ether oxygens (including phenoxy) is 2. The van der Waals surface area contributed by atoms with Crippen LogP contribution in [0.15, 0.2) is 79.4 Å². The first kappa shape index (κ1) is 28.3. The highest BCUT2D eigenvalue weighted by Gasteiger charge is 2.16. The van der Waals surface area contributed by atoms with Crippen molar-refractivity contribution in [1.82, 2.24) is 0 Å². The summed E-state index contributed by atoms with van der Waals surface area (Å²) in [7, 11) is 0. The summed E-state index contributed by atoms with van der Waals surface area (Å²) in [5, 5.41) is 0. The van der Waals surface area contributed by atoms with Gasteiger partial charge < -0.3 is 9.47 Å². The van der Waals surface area contributed by atoms with Crippen LogP contribution in [0, 0.1) is 11.6 Å². The van der Waals surface area contributed by atoms with Crippen molar-refractivity contribution >= 4 is 6.08 Å². The normalized spacial score (nSPS) is 12.1. The summed E-state index contributed by atoms with van der Waals surface area (Å²) in [5.41, 5.74) is 2.73. The van der Waals surface area contributed by atoms with Crippen molar-refractivity contribution in [2.24, 2.45) is 0 Å². The number of hydrogen-bond acceptors (Lipinski definition) is 2. The SMILES string of the molecule is C=CCOc1ccc(-c2ccc(-c3ccc(C=CCCCC(C)OCCCCC)cc3)c(F)c2F)cc1. The van der Waals surface area contributed by atoms with Crippen LogP contribution in [0.2, 0.25) is 0 Å². The van der Waals surface area contributed by atoms with Crippen LogP contribution in [0.5, 0.6) is 5.75 Å². The predicted molar refractivity (Wildman–Crippen MR) is 151 cm³/mol. The fourth-order valence-corrected chi connectivity index (χ4v) is 4.12. The molecule has 1 unspecified atom stereocenters. The number of rotatable bonds is 15. The van der Waals surface area contributed by atoms with E-state index in [4.69, 9.17) is 9.47 Å². The monoisotopic (exact) mass is 504 g/mol. The van der Waals surface area contributed by atoms with E-state index in [2.05, 4.69) is 32.6 Å². The lowest BCUT2D eigenvalue weighted by Gasteiger charge is -2.12. The Hall–Kier alpha value is -3.24. The first-order valence-corrected chi connectivity index (χ1v) is 13.2. The van der Waals surface area contributed by atoms with Crippen LogP contribution in [0.1, 0.15) is 57.9 Å². The van der Waals surface area contributed by atoms with Gasteiger partial charge in [-0.05, 0) is 61.4 Å². The van der Waals surface area contributed by atoms with E-state index in [1.165, 1.54) is 12.8 Å². The van der Waals surface area contributed by atoms with Crippen LogP contribution in [0.4, 0.5) is 8.78 Å². The van der Waals surface area contributed by atoms with Gasteiger partial charge in [-0.25, -0.2) is 8.78 Å². The van der Waals surface area contributed by atoms with Crippen LogP contribution in [-0.4, -0.2) is 19.3 Å². The quantitative estimate of drug-likeness (QED) is 0.151. The molecule has 196 valence electrons. The van der Waals surface area contributed by atoms with E-state index in [-0.39, 0.29) is 11.1 Å². The Morgan fingerprint density at radius 1 is 0.838 bits per heavy atom. The van der Waals surface area contributed by atoms with Crippen LogP contribution in [-0.2, 0) is 4.74 Å². The highest BCUT2D eigenvalue weighted by atomic mass is 19.2. The molecule has 4 heteroatoms. The Kier molecular flexibility index (Phi) is 11.6. The highest BCUT2D eigenvalue weighted by Crippen LogP contribution is 2.32. The van der Waals surface area contributed by atoms with Gasteiger partial charge in [-0.3, -0.25) is 0 Å². The molecule has 0 heterocycles. The maximum absolute atomic E-state index is 15.0. The molecule has 0 N–H and O–H groups in total. The van der Waals surface area contributed by atoms with E-state index >= 15 is 4.39 Å². The summed E-state index contributed by atoms with van der Waals surface area (Å²) >= 11 is 0. The molecule has 0 aliphatic rings. The zero-order valence-electron chi connectivity index (χ0n) is 22.0. The van der Waals surface area contributed by atoms with E-state index in [1.807, 2.05) is 24.3 Å². The lowest BCUT2D eigenvalue weighted by atomic mass is 9.98. The average molecular weight is 505 g/mol. The van der Waals surface area contributed by atoms with Crippen LogP contribution < -0.4 is 4.74 Å². The largest absolute Gasteiger partial charge is 0.490 e. The third kappa shape index (κ3) is 8.68. The summed E-state index contributed by atoms with van der Waals surface area (Å²) in [6, 6.07) is 17.7. The summed E-state index contributed by atoms with van der Waals surface area (Å²) in [4.78, 5) is 0. The van der Waals surface area contributed by atoms with Gasteiger partial charge in [0.15, 0.2) is 11.6 Å². The van der Waals surface area contributed by atoms with Crippen LogP contribution >= 0.6 is 0 Å². The molecule has 0 aromatic heterocycles. The van der Waals surface area contributed by atoms with Crippen molar-refractivity contribution in [3.05, 3.63) is 96.6 Å². The summed E-state index contributed by atoms with van der Waals surface area (Å²) in [5.74, 6) is -1.06. The molecule has 0 aliphatic heterocycles. The van der Waals surface area contributed by atoms with Crippen LogP contribution in [0.3, 0.4) is 0 Å². The molecular formula is C33H38F2O2.